The highest BCUT2D eigenvalue weighted by molar-refractivity contribution is 7.56. The highest BCUT2D eigenvalue weighted by Crippen LogP contribution is 2.34. The predicted octanol–water partition coefficient (Wildman–Crippen LogP) is 4.52. The molecule has 0 aromatic rings. The van der Waals surface area contributed by atoms with E-state index in [1.54, 1.807) is 0 Å². The van der Waals surface area contributed by atoms with Gasteiger partial charge in [-0.15, -0.1) is 0 Å². The molecule has 0 spiro atoms. The van der Waals surface area contributed by atoms with Crippen LogP contribution in [0.3, 0.4) is 0 Å². The minimum Gasteiger partial charge on any atom is -0.464 e. The van der Waals surface area contributed by atoms with Gasteiger partial charge in [-0.1, -0.05) is 41.5 Å². The van der Waals surface area contributed by atoms with Gasteiger partial charge >= 0.3 is 5.97 Å². The molecule has 1 N–H and O–H groups in total. The molecule has 0 radical (unpaired) electrons. The van der Waals surface area contributed by atoms with Crippen LogP contribution >= 0.6 is 7.55 Å². The minimum absolute atomic E-state index is 0.111. The van der Waals surface area contributed by atoms with E-state index in [9.17, 15) is 4.79 Å². The lowest BCUT2D eigenvalue weighted by Gasteiger charge is -2.30. The van der Waals surface area contributed by atoms with Gasteiger partial charge in [0.05, 0.1) is 18.7 Å². The van der Waals surface area contributed by atoms with Crippen molar-refractivity contribution >= 4 is 19.5 Å². The average Bonchev–Trinajstić information content (AvgIpc) is 2.36. The van der Waals surface area contributed by atoms with Gasteiger partial charge in [0.25, 0.3) is 0 Å². The Balaban J connectivity index is 3.83. The fourth-order valence-electron chi connectivity index (χ4n) is 3.03. The van der Waals surface area contributed by atoms with Gasteiger partial charge in [0, 0.05) is 18.5 Å². The standard InChI is InChI=1S/C20H41NO3P/c1-18(2,3)14-20(7,8)17(22)24-13-11-21-10-12-23-16-25(9)15-19(4,5)6/h16,21H,10-15H2,1-9H3/q+1. The number of hydrogen-bond donors (Lipinski definition) is 1. The van der Waals surface area contributed by atoms with Crippen molar-refractivity contribution in [3.05, 3.63) is 0 Å². The third kappa shape index (κ3) is 14.4. The predicted molar refractivity (Wildman–Crippen MR) is 111 cm³/mol. The van der Waals surface area contributed by atoms with Crippen LogP contribution < -0.4 is 5.32 Å². The molecule has 0 amide bonds. The first kappa shape index (κ1) is 24.6. The number of nitrogens with one attached hydrogen (secondary N) is 1. The van der Waals surface area contributed by atoms with Crippen molar-refractivity contribution in [1.29, 1.82) is 0 Å². The van der Waals surface area contributed by atoms with Crippen LogP contribution in [0.25, 0.3) is 0 Å². The number of carbonyl (C=O) groups is 1. The number of hydrogen-bond acceptors (Lipinski definition) is 4. The maximum Gasteiger partial charge on any atom is 0.311 e. The molecule has 0 aliphatic rings. The van der Waals surface area contributed by atoms with Crippen LogP contribution in [0.15, 0.2) is 0 Å². The summed E-state index contributed by atoms with van der Waals surface area (Å²) in [6.45, 7) is 21.8. The topological polar surface area (TPSA) is 47.6 Å². The molecule has 0 heterocycles. The first-order chi connectivity index (χ1) is 11.2. The minimum atomic E-state index is -0.443. The van der Waals surface area contributed by atoms with E-state index in [4.69, 9.17) is 9.47 Å². The average molecular weight is 375 g/mol. The summed E-state index contributed by atoms with van der Waals surface area (Å²) in [5.41, 5.74) is 0.0190. The van der Waals surface area contributed by atoms with Gasteiger partial charge in [0.1, 0.15) is 20.3 Å². The first-order valence-corrected chi connectivity index (χ1v) is 11.3. The molecule has 1 atom stereocenters. The summed E-state index contributed by atoms with van der Waals surface area (Å²) >= 11 is 0. The molecule has 1 unspecified atom stereocenters. The molecule has 0 rings (SSSR count). The van der Waals surface area contributed by atoms with Crippen molar-refractivity contribution in [3.63, 3.8) is 0 Å². The van der Waals surface area contributed by atoms with Gasteiger partial charge in [-0.3, -0.25) is 4.79 Å². The van der Waals surface area contributed by atoms with Crippen LogP contribution in [0.5, 0.6) is 0 Å². The third-order valence-corrected chi connectivity index (χ3v) is 5.37. The Morgan fingerprint density at radius 2 is 1.52 bits per heavy atom. The third-order valence-electron chi connectivity index (χ3n) is 3.41. The monoisotopic (exact) mass is 374 g/mol. The normalized spacial score (nSPS) is 13.9. The van der Waals surface area contributed by atoms with Crippen molar-refractivity contribution in [1.82, 2.24) is 5.32 Å². The zero-order chi connectivity index (χ0) is 19.7. The van der Waals surface area contributed by atoms with Gasteiger partial charge in [-0.25, -0.2) is 0 Å². The van der Waals surface area contributed by atoms with Gasteiger partial charge in [-0.2, -0.15) is 0 Å². The fourth-order valence-corrected chi connectivity index (χ4v) is 4.96. The Kier molecular flexibility index (Phi) is 10.5. The lowest BCUT2D eigenvalue weighted by Crippen LogP contribution is -2.33. The fraction of sp³-hybridized carbons (Fsp3) is 0.900. The van der Waals surface area contributed by atoms with Crippen LogP contribution in [0.4, 0.5) is 0 Å². The van der Waals surface area contributed by atoms with Crippen molar-refractivity contribution < 1.29 is 14.3 Å². The smallest absolute Gasteiger partial charge is 0.311 e. The summed E-state index contributed by atoms with van der Waals surface area (Å²) in [7, 11) is -0.174. The molecule has 0 fully saturated rings. The molecule has 0 aromatic heterocycles. The van der Waals surface area contributed by atoms with Gasteiger partial charge in [-0.05, 0) is 25.7 Å². The highest BCUT2D eigenvalue weighted by Gasteiger charge is 2.33. The quantitative estimate of drug-likeness (QED) is 0.347. The zero-order valence-electron chi connectivity index (χ0n) is 18.0. The Morgan fingerprint density at radius 3 is 2.04 bits per heavy atom. The second kappa shape index (κ2) is 10.6. The Hall–Kier alpha value is -0.440. The van der Waals surface area contributed by atoms with E-state index in [0.29, 0.717) is 25.2 Å². The van der Waals surface area contributed by atoms with Gasteiger partial charge < -0.3 is 14.8 Å². The van der Waals surface area contributed by atoms with E-state index in [2.05, 4.69) is 53.5 Å². The van der Waals surface area contributed by atoms with E-state index in [1.807, 2.05) is 19.8 Å². The molecule has 0 aliphatic heterocycles. The maximum absolute atomic E-state index is 12.2. The maximum atomic E-state index is 12.2. The summed E-state index contributed by atoms with van der Waals surface area (Å²) in [4.78, 5) is 12.2. The largest absolute Gasteiger partial charge is 0.464 e. The number of ether oxygens (including phenoxy) is 2. The number of esters is 1. The molecular formula is C20H41NO3P+. The Morgan fingerprint density at radius 1 is 0.960 bits per heavy atom. The van der Waals surface area contributed by atoms with Gasteiger partial charge in [0.15, 0.2) is 0 Å². The molecule has 0 aliphatic carbocycles. The first-order valence-electron chi connectivity index (χ1n) is 9.26. The van der Waals surface area contributed by atoms with Crippen LogP contribution in [0.2, 0.25) is 0 Å². The van der Waals surface area contributed by atoms with Crippen LogP contribution in [-0.4, -0.2) is 51.1 Å². The van der Waals surface area contributed by atoms with Crippen molar-refractivity contribution in [2.75, 3.05) is 39.1 Å². The Labute approximate surface area is 156 Å². The number of carbonyl (C=O) groups excluding carboxylic acids is 1. The van der Waals surface area contributed by atoms with Crippen LogP contribution in [-0.2, 0) is 14.3 Å². The van der Waals surface area contributed by atoms with E-state index < -0.39 is 5.41 Å². The molecule has 4 nitrogen and oxygen atoms in total. The molecule has 0 bridgehead atoms. The lowest BCUT2D eigenvalue weighted by atomic mass is 9.76. The molecule has 0 saturated heterocycles. The van der Waals surface area contributed by atoms with Crippen LogP contribution in [0, 0.1) is 16.2 Å². The van der Waals surface area contributed by atoms with E-state index in [0.717, 1.165) is 13.0 Å². The lowest BCUT2D eigenvalue weighted by molar-refractivity contribution is -0.155. The zero-order valence-corrected chi connectivity index (χ0v) is 18.9. The SMILES string of the molecule is C[P+](=COCCNCCOC(=O)C(C)(C)CC(C)(C)C)CC(C)(C)C. The molecular weight excluding hydrogens is 333 g/mol. The van der Waals surface area contributed by atoms with E-state index >= 15 is 0 Å². The molecule has 25 heavy (non-hydrogen) atoms. The van der Waals surface area contributed by atoms with E-state index in [1.165, 1.54) is 6.16 Å². The summed E-state index contributed by atoms with van der Waals surface area (Å²) < 4.78 is 11.0. The van der Waals surface area contributed by atoms with Crippen molar-refractivity contribution in [2.24, 2.45) is 16.2 Å². The number of rotatable bonds is 10. The summed E-state index contributed by atoms with van der Waals surface area (Å²) in [5, 5.41) is 3.25. The second-order valence-electron chi connectivity index (χ2n) is 9.96. The van der Waals surface area contributed by atoms with Crippen molar-refractivity contribution in [2.45, 2.75) is 61.8 Å². The van der Waals surface area contributed by atoms with Gasteiger partial charge in [0.2, 0.25) is 5.98 Å². The molecule has 148 valence electrons. The summed E-state index contributed by atoms with van der Waals surface area (Å²) in [6, 6.07) is 0. The molecule has 0 aromatic carbocycles. The highest BCUT2D eigenvalue weighted by atomic mass is 31.1. The summed E-state index contributed by atoms with van der Waals surface area (Å²) in [6.07, 6.45) is 1.99. The van der Waals surface area contributed by atoms with Crippen LogP contribution in [0.1, 0.15) is 61.8 Å². The second-order valence-corrected chi connectivity index (χ2v) is 12.0. The molecule has 5 heteroatoms. The van der Waals surface area contributed by atoms with Crippen molar-refractivity contribution in [3.8, 4) is 0 Å². The summed E-state index contributed by atoms with van der Waals surface area (Å²) in [5.74, 6) is 1.88. The Bertz CT molecular complexity index is 431. The van der Waals surface area contributed by atoms with E-state index in [-0.39, 0.29) is 18.9 Å². The molecule has 0 saturated carbocycles.